The van der Waals surface area contributed by atoms with E-state index in [2.05, 4.69) is 10.3 Å². The second-order valence-electron chi connectivity index (χ2n) is 4.00. The number of nitrogens with zero attached hydrogens (tertiary/aromatic N) is 3. The van der Waals surface area contributed by atoms with Crippen molar-refractivity contribution < 1.29 is 4.21 Å². The van der Waals surface area contributed by atoms with Crippen molar-refractivity contribution in [3.05, 3.63) is 24.3 Å². The van der Waals surface area contributed by atoms with Gasteiger partial charge in [0.05, 0.1) is 5.52 Å². The molecule has 2 rings (SSSR count). The van der Waals surface area contributed by atoms with Gasteiger partial charge in [0.25, 0.3) is 0 Å². The van der Waals surface area contributed by atoms with Gasteiger partial charge in [0.1, 0.15) is 10.9 Å². The van der Waals surface area contributed by atoms with E-state index in [0.29, 0.717) is 0 Å². The Hall–Kier alpha value is -1.23. The summed E-state index contributed by atoms with van der Waals surface area (Å²) in [4.78, 5) is 0. The fourth-order valence-electron chi connectivity index (χ4n) is 1.65. The molecule has 86 valence electrons. The lowest BCUT2D eigenvalue weighted by Crippen LogP contribution is -2.19. The van der Waals surface area contributed by atoms with Crippen molar-refractivity contribution in [2.24, 2.45) is 0 Å². The van der Waals surface area contributed by atoms with Gasteiger partial charge in [0.2, 0.25) is 0 Å². The average Bonchev–Trinajstić information content (AvgIpc) is 2.70. The van der Waals surface area contributed by atoms with Crippen LogP contribution in [0.1, 0.15) is 26.1 Å². The van der Waals surface area contributed by atoms with Crippen molar-refractivity contribution in [2.75, 3.05) is 0 Å². The highest BCUT2D eigenvalue weighted by Crippen LogP contribution is 2.19. The van der Waals surface area contributed by atoms with Crippen LogP contribution < -0.4 is 0 Å². The third-order valence-electron chi connectivity index (χ3n) is 2.52. The van der Waals surface area contributed by atoms with Gasteiger partial charge in [-0.2, -0.15) is 0 Å². The first-order valence-electron chi connectivity index (χ1n) is 5.30. The number of fused-ring (bicyclic) bond motifs is 1. The largest absolute Gasteiger partial charge is 0.257 e. The van der Waals surface area contributed by atoms with E-state index in [9.17, 15) is 4.21 Å². The van der Waals surface area contributed by atoms with Crippen molar-refractivity contribution in [2.45, 2.75) is 31.4 Å². The molecule has 0 saturated carbocycles. The molecule has 0 aliphatic carbocycles. The summed E-state index contributed by atoms with van der Waals surface area (Å²) in [5.74, 6) is 0. The van der Waals surface area contributed by atoms with Gasteiger partial charge in [-0.25, -0.2) is 4.68 Å². The van der Waals surface area contributed by atoms with E-state index in [1.54, 1.807) is 4.68 Å². The van der Waals surface area contributed by atoms with Crippen LogP contribution in [0.25, 0.3) is 11.0 Å². The summed E-state index contributed by atoms with van der Waals surface area (Å²) in [6, 6.07) is 7.71. The second-order valence-corrected chi connectivity index (χ2v) is 6.28. The number of benzene rings is 1. The summed E-state index contributed by atoms with van der Waals surface area (Å²) < 4.78 is 13.7. The van der Waals surface area contributed by atoms with Gasteiger partial charge in [-0.1, -0.05) is 31.2 Å². The van der Waals surface area contributed by atoms with Crippen molar-refractivity contribution in [1.82, 2.24) is 15.0 Å². The van der Waals surface area contributed by atoms with Gasteiger partial charge in [0.15, 0.2) is 0 Å². The van der Waals surface area contributed by atoms with E-state index < -0.39 is 10.8 Å². The number of rotatable bonds is 3. The SMILES string of the molecule is CC(C)S(=O)C(C)n1nnc2ccccc21. The van der Waals surface area contributed by atoms with Gasteiger partial charge in [-0.3, -0.25) is 4.21 Å². The molecule has 2 unspecified atom stereocenters. The Morgan fingerprint density at radius 2 is 1.94 bits per heavy atom. The molecule has 0 spiro atoms. The normalized spacial score (nSPS) is 15.5. The first-order valence-corrected chi connectivity index (χ1v) is 6.58. The summed E-state index contributed by atoms with van der Waals surface area (Å²) in [5.41, 5.74) is 1.78. The summed E-state index contributed by atoms with van der Waals surface area (Å²) in [6.07, 6.45) is 0. The third kappa shape index (κ3) is 1.87. The quantitative estimate of drug-likeness (QED) is 0.821. The molecule has 0 aliphatic heterocycles. The van der Waals surface area contributed by atoms with Gasteiger partial charge >= 0.3 is 0 Å². The zero-order valence-corrected chi connectivity index (χ0v) is 10.4. The molecule has 0 bridgehead atoms. The molecule has 1 aromatic heterocycles. The van der Waals surface area contributed by atoms with Crippen LogP contribution in [0, 0.1) is 0 Å². The zero-order valence-electron chi connectivity index (χ0n) is 9.62. The molecular weight excluding hydrogens is 222 g/mol. The fourth-order valence-corrected chi connectivity index (χ4v) is 2.79. The van der Waals surface area contributed by atoms with Crippen LogP contribution >= 0.6 is 0 Å². The van der Waals surface area contributed by atoms with E-state index in [0.717, 1.165) is 11.0 Å². The summed E-state index contributed by atoms with van der Waals surface area (Å²) in [6.45, 7) is 5.81. The minimum atomic E-state index is -0.941. The van der Waals surface area contributed by atoms with E-state index in [4.69, 9.17) is 0 Å². The Balaban J connectivity index is 2.44. The van der Waals surface area contributed by atoms with Crippen molar-refractivity contribution in [3.8, 4) is 0 Å². The first-order chi connectivity index (χ1) is 7.61. The minimum Gasteiger partial charge on any atom is -0.257 e. The van der Waals surface area contributed by atoms with Crippen LogP contribution in [0.5, 0.6) is 0 Å². The molecule has 2 atom stereocenters. The fraction of sp³-hybridized carbons (Fsp3) is 0.455. The molecule has 0 aliphatic rings. The Bertz CT molecular complexity index is 521. The maximum atomic E-state index is 12.0. The van der Waals surface area contributed by atoms with Crippen LogP contribution in [0.4, 0.5) is 0 Å². The van der Waals surface area contributed by atoms with E-state index in [-0.39, 0.29) is 10.6 Å². The second kappa shape index (κ2) is 4.33. The Labute approximate surface area is 97.1 Å². The molecule has 0 amide bonds. The van der Waals surface area contributed by atoms with Crippen LogP contribution in [0.2, 0.25) is 0 Å². The standard InChI is InChI=1S/C11H15N3OS/c1-8(2)16(15)9(3)14-11-7-5-4-6-10(11)12-13-14/h4-9H,1-3H3. The lowest BCUT2D eigenvalue weighted by atomic mass is 10.3. The first kappa shape index (κ1) is 11.3. The number of hydrogen-bond acceptors (Lipinski definition) is 3. The number of hydrogen-bond donors (Lipinski definition) is 0. The third-order valence-corrected chi connectivity index (χ3v) is 4.32. The smallest absolute Gasteiger partial charge is 0.126 e. The predicted molar refractivity (Wildman–Crippen MR) is 65.5 cm³/mol. The molecule has 16 heavy (non-hydrogen) atoms. The van der Waals surface area contributed by atoms with Crippen molar-refractivity contribution >= 4 is 21.8 Å². The molecule has 4 nitrogen and oxygen atoms in total. The highest BCUT2D eigenvalue weighted by atomic mass is 32.2. The maximum Gasteiger partial charge on any atom is 0.126 e. The van der Waals surface area contributed by atoms with E-state index in [1.165, 1.54) is 0 Å². The number of para-hydroxylation sites is 1. The van der Waals surface area contributed by atoms with Crippen molar-refractivity contribution in [1.29, 1.82) is 0 Å². The lowest BCUT2D eigenvalue weighted by molar-refractivity contribution is 0.590. The molecule has 5 heteroatoms. The molecule has 0 N–H and O–H groups in total. The molecule has 1 aromatic carbocycles. The Kier molecular flexibility index (Phi) is 3.05. The van der Waals surface area contributed by atoms with Crippen LogP contribution in [-0.4, -0.2) is 24.5 Å². The summed E-state index contributed by atoms with van der Waals surface area (Å²) >= 11 is 0. The maximum absolute atomic E-state index is 12.0. The monoisotopic (exact) mass is 237 g/mol. The van der Waals surface area contributed by atoms with Gasteiger partial charge in [-0.15, -0.1) is 5.10 Å². The summed E-state index contributed by atoms with van der Waals surface area (Å²) in [7, 11) is -0.941. The Morgan fingerprint density at radius 3 is 2.62 bits per heavy atom. The van der Waals surface area contributed by atoms with Gasteiger partial charge in [0, 0.05) is 16.0 Å². The van der Waals surface area contributed by atoms with E-state index in [1.807, 2.05) is 45.0 Å². The van der Waals surface area contributed by atoms with Crippen LogP contribution in [-0.2, 0) is 10.8 Å². The van der Waals surface area contributed by atoms with Crippen molar-refractivity contribution in [3.63, 3.8) is 0 Å². The summed E-state index contributed by atoms with van der Waals surface area (Å²) in [5, 5.41) is 8.11. The molecular formula is C11H15N3OS. The van der Waals surface area contributed by atoms with Gasteiger partial charge in [-0.05, 0) is 19.1 Å². The highest BCUT2D eigenvalue weighted by Gasteiger charge is 2.19. The topological polar surface area (TPSA) is 47.8 Å². The molecule has 0 fully saturated rings. The average molecular weight is 237 g/mol. The zero-order chi connectivity index (χ0) is 11.7. The predicted octanol–water partition coefficient (Wildman–Crippen LogP) is 2.11. The van der Waals surface area contributed by atoms with Crippen LogP contribution in [0.15, 0.2) is 24.3 Å². The highest BCUT2D eigenvalue weighted by molar-refractivity contribution is 7.85. The molecule has 2 aromatic rings. The Morgan fingerprint density at radius 1 is 1.25 bits per heavy atom. The van der Waals surface area contributed by atoms with Gasteiger partial charge < -0.3 is 0 Å². The molecule has 0 saturated heterocycles. The number of aromatic nitrogens is 3. The lowest BCUT2D eigenvalue weighted by Gasteiger charge is -2.14. The molecule has 0 radical (unpaired) electrons. The van der Waals surface area contributed by atoms with Crippen LogP contribution in [0.3, 0.4) is 0 Å². The molecule has 1 heterocycles. The minimum absolute atomic E-state index is 0.123. The van der Waals surface area contributed by atoms with E-state index >= 15 is 0 Å².